The molecule has 0 spiro atoms. The Morgan fingerprint density at radius 2 is 1.82 bits per heavy atom. The van der Waals surface area contributed by atoms with Crippen LogP contribution in [0.1, 0.15) is 26.7 Å². The molecule has 2 aromatic carbocycles. The molecule has 0 saturated carbocycles. The standard InChI is InChI=1S/C24H23F2N7O/c1-3-14(4-2)24(34)29-17-10-8-15(9-11-17)16-12-18(22(27)28-13-16)23-30-31-32-33(23)20-7-5-6-19(25)21(20)26/h5-14H,3-4H2,1-2H3,(H2,27,28)(H,29,34). The molecule has 0 aliphatic heterocycles. The molecule has 8 nitrogen and oxygen atoms in total. The second kappa shape index (κ2) is 9.74. The number of carbonyl (C=O) groups excluding carboxylic acids is 1. The van der Waals surface area contributed by atoms with E-state index < -0.39 is 11.6 Å². The van der Waals surface area contributed by atoms with E-state index >= 15 is 0 Å². The van der Waals surface area contributed by atoms with Crippen LogP contribution in [0.15, 0.2) is 54.7 Å². The number of hydrogen-bond acceptors (Lipinski definition) is 6. The Balaban J connectivity index is 1.65. The molecular formula is C24H23F2N7O. The number of pyridine rings is 1. The van der Waals surface area contributed by atoms with Gasteiger partial charge in [0.05, 0.1) is 5.56 Å². The number of carbonyl (C=O) groups is 1. The van der Waals surface area contributed by atoms with Crippen LogP contribution >= 0.6 is 0 Å². The molecule has 0 bridgehead atoms. The van der Waals surface area contributed by atoms with Crippen LogP contribution in [0.2, 0.25) is 0 Å². The molecule has 4 rings (SSSR count). The number of amides is 1. The van der Waals surface area contributed by atoms with Crippen LogP contribution in [0.3, 0.4) is 0 Å². The number of tetrazole rings is 1. The van der Waals surface area contributed by atoms with Gasteiger partial charge in [0.15, 0.2) is 17.5 Å². The van der Waals surface area contributed by atoms with Crippen LogP contribution in [0.4, 0.5) is 20.3 Å². The van der Waals surface area contributed by atoms with Crippen LogP contribution in [0.5, 0.6) is 0 Å². The first-order valence-corrected chi connectivity index (χ1v) is 10.8. The van der Waals surface area contributed by atoms with Gasteiger partial charge >= 0.3 is 0 Å². The maximum Gasteiger partial charge on any atom is 0.227 e. The Bertz CT molecular complexity index is 1320. The average Bonchev–Trinajstić information content (AvgIpc) is 3.32. The van der Waals surface area contributed by atoms with Crippen molar-refractivity contribution in [1.29, 1.82) is 0 Å². The van der Waals surface area contributed by atoms with Crippen molar-refractivity contribution in [1.82, 2.24) is 25.2 Å². The van der Waals surface area contributed by atoms with Gasteiger partial charge in [-0.15, -0.1) is 5.10 Å². The van der Waals surface area contributed by atoms with Crippen LogP contribution < -0.4 is 11.1 Å². The van der Waals surface area contributed by atoms with E-state index in [1.165, 1.54) is 12.1 Å². The summed E-state index contributed by atoms with van der Waals surface area (Å²) in [5, 5.41) is 14.3. The largest absolute Gasteiger partial charge is 0.383 e. The van der Waals surface area contributed by atoms with Gasteiger partial charge in [0.1, 0.15) is 11.5 Å². The molecule has 0 fully saturated rings. The highest BCUT2D eigenvalue weighted by molar-refractivity contribution is 5.92. The number of rotatable bonds is 7. The van der Waals surface area contributed by atoms with E-state index in [4.69, 9.17) is 5.73 Å². The van der Waals surface area contributed by atoms with Crippen LogP contribution in [0, 0.1) is 17.6 Å². The third-order valence-corrected chi connectivity index (χ3v) is 5.63. The maximum atomic E-state index is 14.4. The lowest BCUT2D eigenvalue weighted by atomic mass is 10.0. The lowest BCUT2D eigenvalue weighted by molar-refractivity contribution is -0.120. The Labute approximate surface area is 194 Å². The fourth-order valence-electron chi connectivity index (χ4n) is 3.64. The summed E-state index contributed by atoms with van der Waals surface area (Å²) in [7, 11) is 0. The summed E-state index contributed by atoms with van der Waals surface area (Å²) >= 11 is 0. The third-order valence-electron chi connectivity index (χ3n) is 5.63. The van der Waals surface area contributed by atoms with Gasteiger partial charge < -0.3 is 11.1 Å². The molecule has 0 aliphatic rings. The number of nitrogens with one attached hydrogen (secondary N) is 1. The van der Waals surface area contributed by atoms with Gasteiger partial charge in [0.25, 0.3) is 0 Å². The first kappa shape index (κ1) is 23.0. The Morgan fingerprint density at radius 1 is 1.09 bits per heavy atom. The second-order valence-corrected chi connectivity index (χ2v) is 7.72. The summed E-state index contributed by atoms with van der Waals surface area (Å²) in [4.78, 5) is 16.6. The summed E-state index contributed by atoms with van der Waals surface area (Å²) < 4.78 is 29.2. The average molecular weight is 463 g/mol. The van der Waals surface area contributed by atoms with Gasteiger partial charge in [-0.2, -0.15) is 4.68 Å². The molecule has 10 heteroatoms. The number of hydrogen-bond donors (Lipinski definition) is 2. The Hall–Kier alpha value is -4.21. The van der Waals surface area contributed by atoms with E-state index in [0.717, 1.165) is 29.2 Å². The topological polar surface area (TPSA) is 112 Å². The SMILES string of the molecule is CCC(CC)C(=O)Nc1ccc(-c2cnc(N)c(-c3nnnn3-c3cccc(F)c3F)c2)cc1. The van der Waals surface area contributed by atoms with Gasteiger partial charge in [-0.25, -0.2) is 13.8 Å². The number of anilines is 2. The van der Waals surface area contributed by atoms with E-state index in [1.54, 1.807) is 24.4 Å². The van der Waals surface area contributed by atoms with Crippen molar-refractivity contribution in [2.75, 3.05) is 11.1 Å². The zero-order valence-electron chi connectivity index (χ0n) is 18.7. The maximum absolute atomic E-state index is 14.4. The van der Waals surface area contributed by atoms with Crippen molar-refractivity contribution < 1.29 is 13.6 Å². The van der Waals surface area contributed by atoms with E-state index in [0.29, 0.717) is 16.8 Å². The lowest BCUT2D eigenvalue weighted by Gasteiger charge is -2.13. The Kier molecular flexibility index (Phi) is 6.58. The zero-order valence-corrected chi connectivity index (χ0v) is 18.7. The van der Waals surface area contributed by atoms with Gasteiger partial charge in [-0.3, -0.25) is 4.79 Å². The molecular weight excluding hydrogens is 440 g/mol. The predicted molar refractivity (Wildman–Crippen MR) is 125 cm³/mol. The molecule has 1 amide bonds. The van der Waals surface area contributed by atoms with Gasteiger partial charge in [-0.05, 0) is 59.2 Å². The lowest BCUT2D eigenvalue weighted by Crippen LogP contribution is -2.21. The molecule has 2 aromatic heterocycles. The van der Waals surface area contributed by atoms with E-state index in [1.807, 2.05) is 26.0 Å². The van der Waals surface area contributed by atoms with Crippen LogP contribution in [0.25, 0.3) is 28.2 Å². The highest BCUT2D eigenvalue weighted by Gasteiger charge is 2.19. The van der Waals surface area contributed by atoms with Crippen LogP contribution in [-0.2, 0) is 4.79 Å². The predicted octanol–water partition coefficient (Wildman–Crippen LogP) is 4.63. The quantitative estimate of drug-likeness (QED) is 0.413. The van der Waals surface area contributed by atoms with Crippen molar-refractivity contribution in [3.05, 3.63) is 66.4 Å². The highest BCUT2D eigenvalue weighted by atomic mass is 19.2. The number of benzene rings is 2. The van der Waals surface area contributed by atoms with Gasteiger partial charge in [0.2, 0.25) is 5.91 Å². The highest BCUT2D eigenvalue weighted by Crippen LogP contribution is 2.30. The monoisotopic (exact) mass is 463 g/mol. The minimum Gasteiger partial charge on any atom is -0.383 e. The number of nitrogen functional groups attached to an aromatic ring is 1. The minimum atomic E-state index is -1.08. The number of nitrogens with two attached hydrogens (primary N) is 1. The smallest absolute Gasteiger partial charge is 0.227 e. The number of halogens is 2. The first-order valence-electron chi connectivity index (χ1n) is 10.8. The molecule has 0 atom stereocenters. The third kappa shape index (κ3) is 4.47. The van der Waals surface area contributed by atoms with E-state index in [-0.39, 0.29) is 29.2 Å². The normalized spacial score (nSPS) is 11.1. The van der Waals surface area contributed by atoms with E-state index in [9.17, 15) is 13.6 Å². The molecule has 2 heterocycles. The Morgan fingerprint density at radius 3 is 2.53 bits per heavy atom. The summed E-state index contributed by atoms with van der Waals surface area (Å²) in [5.41, 5.74) is 8.48. The zero-order chi connectivity index (χ0) is 24.2. The summed E-state index contributed by atoms with van der Waals surface area (Å²) in [6, 6.07) is 12.7. The fraction of sp³-hybridized carbons (Fsp3) is 0.208. The number of nitrogens with zero attached hydrogens (tertiary/aromatic N) is 5. The minimum absolute atomic E-state index is 0.00870. The molecule has 3 N–H and O–H groups in total. The second-order valence-electron chi connectivity index (χ2n) is 7.72. The fourth-order valence-corrected chi connectivity index (χ4v) is 3.64. The first-order chi connectivity index (χ1) is 16.4. The van der Waals surface area contributed by atoms with Gasteiger partial charge in [-0.1, -0.05) is 32.0 Å². The summed E-state index contributed by atoms with van der Waals surface area (Å²) in [6.45, 7) is 3.98. The molecule has 34 heavy (non-hydrogen) atoms. The van der Waals surface area contributed by atoms with Gasteiger partial charge in [0, 0.05) is 23.4 Å². The number of aromatic nitrogens is 5. The molecule has 4 aromatic rings. The molecule has 0 unspecified atom stereocenters. The van der Waals surface area contributed by atoms with Crippen molar-refractivity contribution in [3.8, 4) is 28.2 Å². The molecule has 0 saturated heterocycles. The summed E-state index contributed by atoms with van der Waals surface area (Å²) in [5.74, 6) is -1.89. The van der Waals surface area contributed by atoms with Crippen molar-refractivity contribution >= 4 is 17.4 Å². The van der Waals surface area contributed by atoms with Crippen molar-refractivity contribution in [2.45, 2.75) is 26.7 Å². The van der Waals surface area contributed by atoms with E-state index in [2.05, 4.69) is 25.8 Å². The summed E-state index contributed by atoms with van der Waals surface area (Å²) in [6.07, 6.45) is 3.14. The van der Waals surface area contributed by atoms with Crippen LogP contribution in [-0.4, -0.2) is 31.1 Å². The molecule has 0 aliphatic carbocycles. The van der Waals surface area contributed by atoms with Crippen molar-refractivity contribution in [3.63, 3.8) is 0 Å². The van der Waals surface area contributed by atoms with Crippen molar-refractivity contribution in [2.24, 2.45) is 5.92 Å². The molecule has 174 valence electrons. The molecule has 0 radical (unpaired) electrons.